The van der Waals surface area contributed by atoms with Gasteiger partial charge in [-0.15, -0.1) is 0 Å². The van der Waals surface area contributed by atoms with Crippen molar-refractivity contribution in [3.63, 3.8) is 0 Å². The van der Waals surface area contributed by atoms with E-state index < -0.39 is 5.97 Å². The van der Waals surface area contributed by atoms with Crippen LogP contribution in [-0.4, -0.2) is 17.7 Å². The molecule has 14 heavy (non-hydrogen) atoms. The lowest BCUT2D eigenvalue weighted by molar-refractivity contribution is -0.139. The third-order valence-corrected chi connectivity index (χ3v) is 2.59. The van der Waals surface area contributed by atoms with Crippen molar-refractivity contribution in [3.05, 3.63) is 27.2 Å². The van der Waals surface area contributed by atoms with Crippen LogP contribution in [0, 0.1) is 6.92 Å². The maximum Gasteiger partial charge on any atom is 0.341 e. The molecule has 1 rings (SSSR count). The molecule has 0 unspecified atom stereocenters. The van der Waals surface area contributed by atoms with Crippen molar-refractivity contribution in [1.82, 2.24) is 0 Å². The standard InChI is InChI=1S/C9H8BrClO3/c1-5-2-8(14-4-9(12)13)6(10)3-7(5)11/h2-3H,4H2,1H3,(H,12,13). The predicted molar refractivity (Wildman–Crippen MR) is 57.0 cm³/mol. The fourth-order valence-electron chi connectivity index (χ4n) is 0.881. The number of aliphatic carboxylic acids is 1. The average molecular weight is 280 g/mol. The molecule has 0 aliphatic carbocycles. The normalized spacial score (nSPS) is 9.93. The summed E-state index contributed by atoms with van der Waals surface area (Å²) in [6.45, 7) is 1.46. The van der Waals surface area contributed by atoms with Gasteiger partial charge in [-0.25, -0.2) is 4.79 Å². The Morgan fingerprint density at radius 2 is 2.29 bits per heavy atom. The highest BCUT2D eigenvalue weighted by atomic mass is 79.9. The number of rotatable bonds is 3. The van der Waals surface area contributed by atoms with Crippen LogP contribution in [0.3, 0.4) is 0 Å². The number of hydrogen-bond acceptors (Lipinski definition) is 2. The summed E-state index contributed by atoms with van der Waals surface area (Å²) in [7, 11) is 0. The van der Waals surface area contributed by atoms with E-state index in [2.05, 4.69) is 15.9 Å². The Morgan fingerprint density at radius 1 is 1.64 bits per heavy atom. The zero-order chi connectivity index (χ0) is 10.7. The van der Waals surface area contributed by atoms with E-state index in [1.165, 1.54) is 0 Å². The van der Waals surface area contributed by atoms with Crippen molar-refractivity contribution in [2.24, 2.45) is 0 Å². The van der Waals surface area contributed by atoms with Crippen LogP contribution in [0.25, 0.3) is 0 Å². The molecule has 0 bridgehead atoms. The number of ether oxygens (including phenoxy) is 1. The SMILES string of the molecule is Cc1cc(OCC(=O)O)c(Br)cc1Cl. The second kappa shape index (κ2) is 4.66. The van der Waals surface area contributed by atoms with Gasteiger partial charge in [-0.05, 0) is 40.5 Å². The van der Waals surface area contributed by atoms with Crippen LogP contribution in [-0.2, 0) is 4.79 Å². The van der Waals surface area contributed by atoms with Crippen LogP contribution in [0.15, 0.2) is 16.6 Å². The molecule has 0 heterocycles. The van der Waals surface area contributed by atoms with E-state index in [0.29, 0.717) is 15.2 Å². The third-order valence-electron chi connectivity index (χ3n) is 1.56. The molecule has 76 valence electrons. The molecule has 0 saturated carbocycles. The van der Waals surface area contributed by atoms with Gasteiger partial charge in [0.1, 0.15) is 5.75 Å². The highest BCUT2D eigenvalue weighted by molar-refractivity contribution is 9.10. The smallest absolute Gasteiger partial charge is 0.341 e. The molecule has 5 heteroatoms. The van der Waals surface area contributed by atoms with E-state index in [1.54, 1.807) is 12.1 Å². The minimum Gasteiger partial charge on any atom is -0.481 e. The number of hydrogen-bond donors (Lipinski definition) is 1. The summed E-state index contributed by atoms with van der Waals surface area (Å²) in [5, 5.41) is 9.03. The van der Waals surface area contributed by atoms with Gasteiger partial charge in [-0.1, -0.05) is 11.6 Å². The first-order chi connectivity index (χ1) is 6.50. The number of aryl methyl sites for hydroxylation is 1. The topological polar surface area (TPSA) is 46.5 Å². The molecule has 0 aliphatic rings. The van der Waals surface area contributed by atoms with Crippen molar-refractivity contribution in [2.75, 3.05) is 6.61 Å². The summed E-state index contributed by atoms with van der Waals surface area (Å²) in [5.41, 5.74) is 0.843. The monoisotopic (exact) mass is 278 g/mol. The Balaban J connectivity index is 2.87. The Labute approximate surface area is 94.8 Å². The van der Waals surface area contributed by atoms with Crippen LogP contribution in [0.5, 0.6) is 5.75 Å². The third kappa shape index (κ3) is 2.89. The van der Waals surface area contributed by atoms with Crippen LogP contribution in [0.1, 0.15) is 5.56 Å². The molecule has 0 aromatic heterocycles. The summed E-state index contributed by atoms with van der Waals surface area (Å²) in [6, 6.07) is 3.36. The summed E-state index contributed by atoms with van der Waals surface area (Å²) in [6.07, 6.45) is 0. The van der Waals surface area contributed by atoms with Crippen molar-refractivity contribution in [3.8, 4) is 5.75 Å². The molecular formula is C9H8BrClO3. The largest absolute Gasteiger partial charge is 0.481 e. The molecule has 1 N–H and O–H groups in total. The van der Waals surface area contributed by atoms with Crippen molar-refractivity contribution >= 4 is 33.5 Å². The molecule has 0 spiro atoms. The molecule has 0 aliphatic heterocycles. The van der Waals surface area contributed by atoms with Crippen molar-refractivity contribution < 1.29 is 14.6 Å². The van der Waals surface area contributed by atoms with Gasteiger partial charge in [0, 0.05) is 5.02 Å². The lowest BCUT2D eigenvalue weighted by Crippen LogP contribution is -2.09. The molecule has 1 aromatic rings. The number of halogens is 2. The molecule has 0 atom stereocenters. The van der Waals surface area contributed by atoms with E-state index in [0.717, 1.165) is 5.56 Å². The van der Waals surface area contributed by atoms with Gasteiger partial charge in [0.25, 0.3) is 0 Å². The molecule has 0 saturated heterocycles. The fraction of sp³-hybridized carbons (Fsp3) is 0.222. The molecule has 0 amide bonds. The van der Waals surface area contributed by atoms with Crippen LogP contribution in [0.4, 0.5) is 0 Å². The predicted octanol–water partition coefficient (Wildman–Crippen LogP) is 2.87. The molecular weight excluding hydrogens is 271 g/mol. The average Bonchev–Trinajstić information content (AvgIpc) is 2.09. The number of benzene rings is 1. The van der Waals surface area contributed by atoms with Gasteiger partial charge in [0.2, 0.25) is 0 Å². The molecule has 0 radical (unpaired) electrons. The first-order valence-electron chi connectivity index (χ1n) is 3.81. The second-order valence-electron chi connectivity index (χ2n) is 2.71. The van der Waals surface area contributed by atoms with Crippen LogP contribution in [0.2, 0.25) is 5.02 Å². The van der Waals surface area contributed by atoms with Gasteiger partial charge in [-0.3, -0.25) is 0 Å². The van der Waals surface area contributed by atoms with Gasteiger partial charge < -0.3 is 9.84 Å². The Morgan fingerprint density at radius 3 is 2.86 bits per heavy atom. The van der Waals surface area contributed by atoms with Gasteiger partial charge >= 0.3 is 5.97 Å². The summed E-state index contributed by atoms with van der Waals surface area (Å²) >= 11 is 9.08. The maximum absolute atomic E-state index is 10.3. The maximum atomic E-state index is 10.3. The number of carboxylic acid groups (broad SMARTS) is 1. The van der Waals surface area contributed by atoms with Gasteiger partial charge in [0.15, 0.2) is 6.61 Å². The summed E-state index contributed by atoms with van der Waals surface area (Å²) in [4.78, 5) is 10.3. The Bertz CT molecular complexity index is 365. The molecule has 1 aromatic carbocycles. The first kappa shape index (κ1) is 11.3. The number of carbonyl (C=O) groups is 1. The Kier molecular flexibility index (Phi) is 3.77. The highest BCUT2D eigenvalue weighted by Crippen LogP contribution is 2.30. The van der Waals surface area contributed by atoms with E-state index in [-0.39, 0.29) is 6.61 Å². The van der Waals surface area contributed by atoms with Crippen LogP contribution < -0.4 is 4.74 Å². The zero-order valence-electron chi connectivity index (χ0n) is 7.38. The van der Waals surface area contributed by atoms with E-state index in [4.69, 9.17) is 21.4 Å². The summed E-state index contributed by atoms with van der Waals surface area (Å²) in [5.74, 6) is -0.529. The summed E-state index contributed by atoms with van der Waals surface area (Å²) < 4.78 is 5.68. The quantitative estimate of drug-likeness (QED) is 0.925. The highest BCUT2D eigenvalue weighted by Gasteiger charge is 2.06. The number of carboxylic acids is 1. The van der Waals surface area contributed by atoms with Crippen molar-refractivity contribution in [1.29, 1.82) is 0 Å². The van der Waals surface area contributed by atoms with E-state index in [1.807, 2.05) is 6.92 Å². The van der Waals surface area contributed by atoms with Crippen molar-refractivity contribution in [2.45, 2.75) is 6.92 Å². The fourth-order valence-corrected chi connectivity index (χ4v) is 1.63. The van der Waals surface area contributed by atoms with E-state index >= 15 is 0 Å². The first-order valence-corrected chi connectivity index (χ1v) is 4.98. The van der Waals surface area contributed by atoms with Gasteiger partial charge in [-0.2, -0.15) is 0 Å². The second-order valence-corrected chi connectivity index (χ2v) is 3.98. The zero-order valence-corrected chi connectivity index (χ0v) is 9.72. The minimum atomic E-state index is -1.01. The van der Waals surface area contributed by atoms with Gasteiger partial charge in [0.05, 0.1) is 4.47 Å². The van der Waals surface area contributed by atoms with E-state index in [9.17, 15) is 4.79 Å². The molecule has 3 nitrogen and oxygen atoms in total. The molecule has 0 fully saturated rings. The lowest BCUT2D eigenvalue weighted by atomic mass is 10.2. The minimum absolute atomic E-state index is 0.361. The lowest BCUT2D eigenvalue weighted by Gasteiger charge is -2.07. The van der Waals surface area contributed by atoms with Crippen LogP contribution >= 0.6 is 27.5 Å². The Hall–Kier alpha value is -0.740.